The van der Waals surface area contributed by atoms with Gasteiger partial charge in [0.05, 0.1) is 32.2 Å². The standard InChI is InChI=1S/C8H19NO5S/c1-12-4-5-14-7-6-13-3-2-8-15(9,10)11/h2-8H2,1H3,(H2,9,10,11). The molecule has 0 bridgehead atoms. The second-order valence-electron chi connectivity index (χ2n) is 2.94. The van der Waals surface area contributed by atoms with Gasteiger partial charge in [-0.15, -0.1) is 0 Å². The average molecular weight is 241 g/mol. The smallest absolute Gasteiger partial charge is 0.209 e. The highest BCUT2D eigenvalue weighted by Crippen LogP contribution is 1.87. The lowest BCUT2D eigenvalue weighted by atomic mass is 10.5. The van der Waals surface area contributed by atoms with Crippen LogP contribution in [0.4, 0.5) is 0 Å². The SMILES string of the molecule is COCCOCCOCCCS(N)(=O)=O. The predicted molar refractivity (Wildman–Crippen MR) is 56.1 cm³/mol. The van der Waals surface area contributed by atoms with E-state index in [9.17, 15) is 8.42 Å². The third-order valence-electron chi connectivity index (χ3n) is 1.52. The Balaban J connectivity index is 3.06. The molecule has 0 aromatic rings. The molecule has 0 heterocycles. The van der Waals surface area contributed by atoms with Crippen molar-refractivity contribution in [1.29, 1.82) is 0 Å². The van der Waals surface area contributed by atoms with Crippen LogP contribution in [0.5, 0.6) is 0 Å². The molecule has 0 aliphatic carbocycles. The van der Waals surface area contributed by atoms with Gasteiger partial charge < -0.3 is 14.2 Å². The van der Waals surface area contributed by atoms with Gasteiger partial charge in [-0.25, -0.2) is 13.6 Å². The number of nitrogens with two attached hydrogens (primary N) is 1. The molecule has 92 valence electrons. The average Bonchev–Trinajstić information content (AvgIpc) is 2.14. The van der Waals surface area contributed by atoms with E-state index in [1.54, 1.807) is 7.11 Å². The van der Waals surface area contributed by atoms with Gasteiger partial charge in [0, 0.05) is 13.7 Å². The number of hydrogen-bond donors (Lipinski definition) is 1. The summed E-state index contributed by atoms with van der Waals surface area (Å²) in [7, 11) is -1.75. The number of primary sulfonamides is 1. The molecule has 0 unspecified atom stereocenters. The molecule has 7 heteroatoms. The Morgan fingerprint density at radius 2 is 1.53 bits per heavy atom. The van der Waals surface area contributed by atoms with Crippen molar-refractivity contribution in [3.05, 3.63) is 0 Å². The van der Waals surface area contributed by atoms with Crippen LogP contribution >= 0.6 is 0 Å². The van der Waals surface area contributed by atoms with Gasteiger partial charge in [0.2, 0.25) is 10.0 Å². The zero-order valence-electron chi connectivity index (χ0n) is 8.98. The summed E-state index contributed by atoms with van der Waals surface area (Å²) in [5.74, 6) is -0.0441. The van der Waals surface area contributed by atoms with Crippen LogP contribution in [-0.2, 0) is 24.2 Å². The predicted octanol–water partition coefficient (Wildman–Crippen LogP) is -0.655. The monoisotopic (exact) mass is 241 g/mol. The Hall–Kier alpha value is -0.210. The summed E-state index contributed by atoms with van der Waals surface area (Å²) in [4.78, 5) is 0. The molecular weight excluding hydrogens is 222 g/mol. The zero-order valence-corrected chi connectivity index (χ0v) is 9.79. The van der Waals surface area contributed by atoms with Gasteiger partial charge in [-0.2, -0.15) is 0 Å². The van der Waals surface area contributed by atoms with E-state index >= 15 is 0 Å². The topological polar surface area (TPSA) is 87.8 Å². The summed E-state index contributed by atoms with van der Waals surface area (Å²) in [6.45, 7) is 2.42. The van der Waals surface area contributed by atoms with Gasteiger partial charge in [-0.1, -0.05) is 0 Å². The highest BCUT2D eigenvalue weighted by Gasteiger charge is 2.01. The fraction of sp³-hybridized carbons (Fsp3) is 1.00. The van der Waals surface area contributed by atoms with Crippen LogP contribution in [-0.4, -0.2) is 54.3 Å². The summed E-state index contributed by atoms with van der Waals surface area (Å²) < 4.78 is 36.1. The summed E-state index contributed by atoms with van der Waals surface area (Å²) in [5, 5.41) is 4.81. The summed E-state index contributed by atoms with van der Waals surface area (Å²) in [6.07, 6.45) is 0.414. The Labute approximate surface area is 90.7 Å². The summed E-state index contributed by atoms with van der Waals surface area (Å²) in [5.41, 5.74) is 0. The largest absolute Gasteiger partial charge is 0.382 e. The minimum absolute atomic E-state index is 0.0441. The first-order valence-electron chi connectivity index (χ1n) is 4.71. The molecule has 0 aromatic heterocycles. The lowest BCUT2D eigenvalue weighted by Crippen LogP contribution is -2.18. The lowest BCUT2D eigenvalue weighted by molar-refractivity contribution is 0.0251. The molecule has 0 aliphatic heterocycles. The maximum absolute atomic E-state index is 10.5. The molecule has 6 nitrogen and oxygen atoms in total. The fourth-order valence-electron chi connectivity index (χ4n) is 0.826. The van der Waals surface area contributed by atoms with Crippen LogP contribution in [0.25, 0.3) is 0 Å². The summed E-state index contributed by atoms with van der Waals surface area (Å²) >= 11 is 0. The van der Waals surface area contributed by atoms with Crippen molar-refractivity contribution >= 4 is 10.0 Å². The third kappa shape index (κ3) is 13.8. The van der Waals surface area contributed by atoms with Crippen molar-refractivity contribution in [2.45, 2.75) is 6.42 Å². The Morgan fingerprint density at radius 1 is 1.00 bits per heavy atom. The number of sulfonamides is 1. The molecule has 0 fully saturated rings. The maximum Gasteiger partial charge on any atom is 0.209 e. The fourth-order valence-corrected chi connectivity index (χ4v) is 1.35. The first-order valence-corrected chi connectivity index (χ1v) is 6.42. The molecule has 2 N–H and O–H groups in total. The van der Waals surface area contributed by atoms with Crippen LogP contribution in [0.15, 0.2) is 0 Å². The molecule has 0 aromatic carbocycles. The van der Waals surface area contributed by atoms with Crippen molar-refractivity contribution in [2.75, 3.05) is 45.9 Å². The highest BCUT2D eigenvalue weighted by atomic mass is 32.2. The Morgan fingerprint density at radius 3 is 2.07 bits per heavy atom. The molecule has 0 rings (SSSR count). The normalized spacial score (nSPS) is 11.9. The van der Waals surface area contributed by atoms with Gasteiger partial charge in [-0.3, -0.25) is 0 Å². The Kier molecular flexibility index (Phi) is 8.92. The Bertz CT molecular complexity index is 229. The maximum atomic E-state index is 10.5. The van der Waals surface area contributed by atoms with Crippen molar-refractivity contribution in [1.82, 2.24) is 0 Å². The van der Waals surface area contributed by atoms with E-state index in [0.717, 1.165) is 0 Å². The molecule has 0 aliphatic rings. The molecule has 0 atom stereocenters. The first-order chi connectivity index (χ1) is 7.06. The van der Waals surface area contributed by atoms with Crippen LogP contribution in [0, 0.1) is 0 Å². The van der Waals surface area contributed by atoms with E-state index in [2.05, 4.69) is 0 Å². The van der Waals surface area contributed by atoms with Crippen LogP contribution in [0.1, 0.15) is 6.42 Å². The van der Waals surface area contributed by atoms with E-state index in [1.807, 2.05) is 0 Å². The molecule has 0 saturated carbocycles. The second-order valence-corrected chi connectivity index (χ2v) is 4.67. The van der Waals surface area contributed by atoms with Gasteiger partial charge in [-0.05, 0) is 6.42 Å². The van der Waals surface area contributed by atoms with Crippen LogP contribution < -0.4 is 5.14 Å². The van der Waals surface area contributed by atoms with Gasteiger partial charge in [0.15, 0.2) is 0 Å². The molecule has 0 amide bonds. The number of ether oxygens (including phenoxy) is 3. The summed E-state index contributed by atoms with van der Waals surface area (Å²) in [6, 6.07) is 0. The minimum Gasteiger partial charge on any atom is -0.382 e. The van der Waals surface area contributed by atoms with E-state index < -0.39 is 10.0 Å². The minimum atomic E-state index is -3.36. The van der Waals surface area contributed by atoms with Crippen LogP contribution in [0.3, 0.4) is 0 Å². The van der Waals surface area contributed by atoms with Crippen molar-refractivity contribution in [2.24, 2.45) is 5.14 Å². The van der Waals surface area contributed by atoms with Crippen molar-refractivity contribution in [3.8, 4) is 0 Å². The molecular formula is C8H19NO5S. The van der Waals surface area contributed by atoms with E-state index in [1.165, 1.54) is 0 Å². The quantitative estimate of drug-likeness (QED) is 0.513. The van der Waals surface area contributed by atoms with Gasteiger partial charge >= 0.3 is 0 Å². The van der Waals surface area contributed by atoms with Crippen molar-refractivity contribution < 1.29 is 22.6 Å². The lowest BCUT2D eigenvalue weighted by Gasteiger charge is -2.04. The van der Waals surface area contributed by atoms with Gasteiger partial charge in [0.1, 0.15) is 0 Å². The molecule has 15 heavy (non-hydrogen) atoms. The molecule has 0 radical (unpaired) electrons. The zero-order chi connectivity index (χ0) is 11.6. The van der Waals surface area contributed by atoms with E-state index in [4.69, 9.17) is 19.3 Å². The number of hydrogen-bond acceptors (Lipinski definition) is 5. The third-order valence-corrected chi connectivity index (χ3v) is 2.38. The first kappa shape index (κ1) is 14.8. The van der Waals surface area contributed by atoms with E-state index in [0.29, 0.717) is 39.5 Å². The molecule has 0 saturated heterocycles. The highest BCUT2D eigenvalue weighted by molar-refractivity contribution is 7.89. The second kappa shape index (κ2) is 9.05. The molecule has 0 spiro atoms. The van der Waals surface area contributed by atoms with Crippen LogP contribution in [0.2, 0.25) is 0 Å². The van der Waals surface area contributed by atoms with E-state index in [-0.39, 0.29) is 5.75 Å². The van der Waals surface area contributed by atoms with Gasteiger partial charge in [0.25, 0.3) is 0 Å². The van der Waals surface area contributed by atoms with Crippen molar-refractivity contribution in [3.63, 3.8) is 0 Å². The number of rotatable bonds is 10. The number of methoxy groups -OCH3 is 1.